The molecule has 5 heteroatoms. The van der Waals surface area contributed by atoms with Crippen LogP contribution in [0.25, 0.3) is 0 Å². The Morgan fingerprint density at radius 1 is 1.42 bits per heavy atom. The van der Waals surface area contributed by atoms with Crippen molar-refractivity contribution >= 4 is 5.95 Å². The van der Waals surface area contributed by atoms with Crippen LogP contribution in [0.3, 0.4) is 0 Å². The van der Waals surface area contributed by atoms with E-state index < -0.39 is 0 Å². The molecule has 1 fully saturated rings. The quantitative estimate of drug-likeness (QED) is 0.879. The first-order valence-electron chi connectivity index (χ1n) is 7.13. The summed E-state index contributed by atoms with van der Waals surface area (Å²) < 4.78 is 5.61. The Labute approximate surface area is 115 Å². The zero-order valence-corrected chi connectivity index (χ0v) is 11.9. The van der Waals surface area contributed by atoms with E-state index in [4.69, 9.17) is 10.5 Å². The van der Waals surface area contributed by atoms with E-state index in [0.29, 0.717) is 5.88 Å². The Bertz CT molecular complexity index is 389. The van der Waals surface area contributed by atoms with Crippen molar-refractivity contribution in [1.82, 2.24) is 9.97 Å². The van der Waals surface area contributed by atoms with Gasteiger partial charge in [0, 0.05) is 25.4 Å². The van der Waals surface area contributed by atoms with Gasteiger partial charge in [-0.05, 0) is 45.6 Å². The van der Waals surface area contributed by atoms with E-state index in [1.54, 1.807) is 6.20 Å². The second-order valence-electron chi connectivity index (χ2n) is 5.37. The molecule has 0 saturated carbocycles. The highest BCUT2D eigenvalue weighted by Gasteiger charge is 2.20. The van der Waals surface area contributed by atoms with Gasteiger partial charge < -0.3 is 15.4 Å². The Balaban J connectivity index is 1.95. The molecule has 1 aliphatic rings. The highest BCUT2D eigenvalue weighted by Crippen LogP contribution is 2.23. The number of rotatable bonds is 5. The topological polar surface area (TPSA) is 64.3 Å². The van der Waals surface area contributed by atoms with Crippen molar-refractivity contribution in [2.24, 2.45) is 11.7 Å². The largest absolute Gasteiger partial charge is 0.475 e. The molecule has 1 aromatic heterocycles. The summed E-state index contributed by atoms with van der Waals surface area (Å²) >= 11 is 0. The normalized spacial score (nSPS) is 16.9. The number of hydrogen-bond donors (Lipinski definition) is 1. The van der Waals surface area contributed by atoms with Gasteiger partial charge in [0.15, 0.2) is 0 Å². The molecule has 2 heterocycles. The SMILES string of the molecule is CC(C)Oc1ccnc(N2CCC(CCN)CC2)n1. The van der Waals surface area contributed by atoms with E-state index in [-0.39, 0.29) is 6.10 Å². The number of piperidine rings is 1. The van der Waals surface area contributed by atoms with E-state index in [1.807, 2.05) is 19.9 Å². The van der Waals surface area contributed by atoms with Crippen molar-refractivity contribution < 1.29 is 4.74 Å². The van der Waals surface area contributed by atoms with Crippen molar-refractivity contribution in [3.05, 3.63) is 12.3 Å². The van der Waals surface area contributed by atoms with Crippen molar-refractivity contribution in [2.45, 2.75) is 39.2 Å². The summed E-state index contributed by atoms with van der Waals surface area (Å²) in [5, 5.41) is 0. The van der Waals surface area contributed by atoms with E-state index in [1.165, 1.54) is 12.8 Å². The fourth-order valence-corrected chi connectivity index (χ4v) is 2.45. The third kappa shape index (κ3) is 4.06. The van der Waals surface area contributed by atoms with Crippen LogP contribution in [0.5, 0.6) is 5.88 Å². The van der Waals surface area contributed by atoms with E-state index in [9.17, 15) is 0 Å². The van der Waals surface area contributed by atoms with Gasteiger partial charge in [-0.2, -0.15) is 4.98 Å². The zero-order chi connectivity index (χ0) is 13.7. The number of anilines is 1. The third-order valence-corrected chi connectivity index (χ3v) is 3.45. The number of hydrogen-bond acceptors (Lipinski definition) is 5. The molecule has 0 atom stereocenters. The fraction of sp³-hybridized carbons (Fsp3) is 0.714. The van der Waals surface area contributed by atoms with Gasteiger partial charge in [-0.1, -0.05) is 0 Å². The number of nitrogens with zero attached hydrogens (tertiary/aromatic N) is 3. The molecule has 0 radical (unpaired) electrons. The van der Waals surface area contributed by atoms with Crippen molar-refractivity contribution in [1.29, 1.82) is 0 Å². The number of aromatic nitrogens is 2. The molecule has 106 valence electrons. The van der Waals surface area contributed by atoms with Gasteiger partial charge in [-0.3, -0.25) is 0 Å². The molecule has 0 bridgehead atoms. The highest BCUT2D eigenvalue weighted by molar-refractivity contribution is 5.32. The van der Waals surface area contributed by atoms with E-state index >= 15 is 0 Å². The first kappa shape index (κ1) is 14.1. The van der Waals surface area contributed by atoms with Gasteiger partial charge >= 0.3 is 0 Å². The second-order valence-corrected chi connectivity index (χ2v) is 5.37. The molecule has 19 heavy (non-hydrogen) atoms. The number of ether oxygens (including phenoxy) is 1. The van der Waals surface area contributed by atoms with Crippen molar-refractivity contribution in [2.75, 3.05) is 24.5 Å². The average molecular weight is 264 g/mol. The van der Waals surface area contributed by atoms with Crippen LogP contribution in [0.4, 0.5) is 5.95 Å². The van der Waals surface area contributed by atoms with Gasteiger partial charge in [0.05, 0.1) is 6.10 Å². The molecular formula is C14H24N4O. The van der Waals surface area contributed by atoms with Gasteiger partial charge in [0.2, 0.25) is 11.8 Å². The maximum Gasteiger partial charge on any atom is 0.228 e. The maximum atomic E-state index is 5.62. The lowest BCUT2D eigenvalue weighted by atomic mass is 9.94. The summed E-state index contributed by atoms with van der Waals surface area (Å²) in [7, 11) is 0. The monoisotopic (exact) mass is 264 g/mol. The van der Waals surface area contributed by atoms with Crippen LogP contribution in [0.15, 0.2) is 12.3 Å². The smallest absolute Gasteiger partial charge is 0.228 e. The fourth-order valence-electron chi connectivity index (χ4n) is 2.45. The molecule has 2 rings (SSSR count). The van der Waals surface area contributed by atoms with Crippen molar-refractivity contribution in [3.8, 4) is 5.88 Å². The molecule has 1 saturated heterocycles. The minimum absolute atomic E-state index is 0.137. The van der Waals surface area contributed by atoms with Crippen LogP contribution >= 0.6 is 0 Å². The van der Waals surface area contributed by atoms with Gasteiger partial charge in [-0.15, -0.1) is 0 Å². The van der Waals surface area contributed by atoms with Crippen LogP contribution in [0.1, 0.15) is 33.1 Å². The summed E-state index contributed by atoms with van der Waals surface area (Å²) in [5.41, 5.74) is 5.62. The lowest BCUT2D eigenvalue weighted by Crippen LogP contribution is -2.35. The molecule has 0 aromatic carbocycles. The van der Waals surface area contributed by atoms with E-state index in [0.717, 1.165) is 37.9 Å². The zero-order valence-electron chi connectivity index (χ0n) is 11.9. The first-order chi connectivity index (χ1) is 9.19. The lowest BCUT2D eigenvalue weighted by Gasteiger charge is -2.31. The Morgan fingerprint density at radius 3 is 2.79 bits per heavy atom. The predicted octanol–water partition coefficient (Wildman–Crippen LogP) is 1.83. The average Bonchev–Trinajstić information content (AvgIpc) is 2.39. The molecular weight excluding hydrogens is 240 g/mol. The third-order valence-electron chi connectivity index (χ3n) is 3.45. The van der Waals surface area contributed by atoms with Crippen LogP contribution < -0.4 is 15.4 Å². The van der Waals surface area contributed by atoms with Gasteiger partial charge in [0.1, 0.15) is 0 Å². The van der Waals surface area contributed by atoms with Gasteiger partial charge in [-0.25, -0.2) is 4.98 Å². The molecule has 1 aliphatic heterocycles. The van der Waals surface area contributed by atoms with Crippen LogP contribution in [-0.4, -0.2) is 35.7 Å². The first-order valence-corrected chi connectivity index (χ1v) is 7.13. The predicted molar refractivity (Wildman–Crippen MR) is 76.4 cm³/mol. The molecule has 5 nitrogen and oxygen atoms in total. The molecule has 2 N–H and O–H groups in total. The van der Waals surface area contributed by atoms with E-state index in [2.05, 4.69) is 14.9 Å². The Morgan fingerprint density at radius 2 is 2.16 bits per heavy atom. The molecule has 1 aromatic rings. The summed E-state index contributed by atoms with van der Waals surface area (Å²) in [5.74, 6) is 2.20. The summed E-state index contributed by atoms with van der Waals surface area (Å²) in [6.45, 7) is 6.81. The Kier molecular flexibility index (Phi) is 4.96. The van der Waals surface area contributed by atoms with Crippen LogP contribution in [-0.2, 0) is 0 Å². The molecule has 0 aliphatic carbocycles. The standard InChI is InChI=1S/C14H24N4O/c1-11(2)19-13-4-8-16-14(17-13)18-9-5-12(3-7-15)6-10-18/h4,8,11-12H,3,5-7,9-10,15H2,1-2H3. The maximum absolute atomic E-state index is 5.62. The van der Waals surface area contributed by atoms with Crippen LogP contribution in [0.2, 0.25) is 0 Å². The highest BCUT2D eigenvalue weighted by atomic mass is 16.5. The van der Waals surface area contributed by atoms with Crippen LogP contribution in [0, 0.1) is 5.92 Å². The summed E-state index contributed by atoms with van der Waals surface area (Å²) in [6, 6.07) is 1.81. The Hall–Kier alpha value is -1.36. The minimum Gasteiger partial charge on any atom is -0.475 e. The lowest BCUT2D eigenvalue weighted by molar-refractivity contribution is 0.232. The number of nitrogens with two attached hydrogens (primary N) is 1. The summed E-state index contributed by atoms with van der Waals surface area (Å²) in [4.78, 5) is 11.1. The molecule has 0 spiro atoms. The molecule has 0 amide bonds. The van der Waals surface area contributed by atoms with Crippen molar-refractivity contribution in [3.63, 3.8) is 0 Å². The molecule has 0 unspecified atom stereocenters. The summed E-state index contributed by atoms with van der Waals surface area (Å²) in [6.07, 6.45) is 5.39. The second kappa shape index (κ2) is 6.70. The van der Waals surface area contributed by atoms with Gasteiger partial charge in [0.25, 0.3) is 0 Å². The minimum atomic E-state index is 0.137.